The van der Waals surface area contributed by atoms with E-state index in [4.69, 9.17) is 17.3 Å². The largest absolute Gasteiger partial charge is 0.399 e. The first-order valence-corrected chi connectivity index (χ1v) is 5.70. The number of amides is 2. The van der Waals surface area contributed by atoms with Gasteiger partial charge in [-0.25, -0.2) is 4.79 Å². The molecule has 0 bridgehead atoms. The van der Waals surface area contributed by atoms with Gasteiger partial charge in [0.25, 0.3) is 0 Å². The maximum atomic E-state index is 11.7. The van der Waals surface area contributed by atoms with Crippen molar-refractivity contribution in [2.24, 2.45) is 0 Å². The molecule has 4 N–H and O–H groups in total. The molecule has 0 fully saturated rings. The van der Waals surface area contributed by atoms with Gasteiger partial charge >= 0.3 is 6.03 Å². The quantitative estimate of drug-likeness (QED) is 0.724. The van der Waals surface area contributed by atoms with Crippen LogP contribution in [0.4, 0.5) is 21.9 Å². The zero-order chi connectivity index (χ0) is 13.0. The van der Waals surface area contributed by atoms with Crippen LogP contribution in [0.25, 0.3) is 0 Å². The van der Waals surface area contributed by atoms with E-state index in [2.05, 4.69) is 10.6 Å². The summed E-state index contributed by atoms with van der Waals surface area (Å²) in [5.74, 6) is 0. The van der Waals surface area contributed by atoms with Crippen LogP contribution in [0.3, 0.4) is 0 Å². The molecule has 0 spiro atoms. The maximum Gasteiger partial charge on any atom is 0.323 e. The van der Waals surface area contributed by atoms with Crippen LogP contribution in [-0.4, -0.2) is 6.03 Å². The van der Waals surface area contributed by atoms with E-state index in [0.29, 0.717) is 22.1 Å². The Hall–Kier alpha value is -2.20. The fourth-order valence-electron chi connectivity index (χ4n) is 1.48. The summed E-state index contributed by atoms with van der Waals surface area (Å²) in [5, 5.41) is 5.92. The molecule has 18 heavy (non-hydrogen) atoms. The summed E-state index contributed by atoms with van der Waals surface area (Å²) in [7, 11) is 0. The minimum absolute atomic E-state index is 0.345. The Bertz CT molecular complexity index is 522. The van der Waals surface area contributed by atoms with Gasteiger partial charge in [-0.1, -0.05) is 23.7 Å². The highest BCUT2D eigenvalue weighted by Crippen LogP contribution is 2.16. The molecule has 0 saturated carbocycles. The van der Waals surface area contributed by atoms with Gasteiger partial charge in [0.15, 0.2) is 0 Å². The van der Waals surface area contributed by atoms with Crippen molar-refractivity contribution in [2.45, 2.75) is 0 Å². The van der Waals surface area contributed by atoms with Gasteiger partial charge in [0, 0.05) is 22.1 Å². The maximum absolute atomic E-state index is 11.7. The molecule has 0 radical (unpaired) electrons. The van der Waals surface area contributed by atoms with Crippen molar-refractivity contribution in [2.75, 3.05) is 16.4 Å². The molecule has 2 aromatic carbocycles. The van der Waals surface area contributed by atoms with Gasteiger partial charge in [-0.2, -0.15) is 0 Å². The lowest BCUT2D eigenvalue weighted by Gasteiger charge is -2.08. The van der Waals surface area contributed by atoms with E-state index in [0.717, 1.165) is 0 Å². The summed E-state index contributed by atoms with van der Waals surface area (Å²) in [6, 6.07) is 13.5. The smallest absolute Gasteiger partial charge is 0.323 e. The van der Waals surface area contributed by atoms with Gasteiger partial charge < -0.3 is 16.4 Å². The first kappa shape index (κ1) is 12.3. The van der Waals surface area contributed by atoms with Gasteiger partial charge in [0.1, 0.15) is 0 Å². The van der Waals surface area contributed by atoms with E-state index in [1.165, 1.54) is 0 Å². The third-order valence-corrected chi connectivity index (χ3v) is 2.46. The molecule has 2 rings (SSSR count). The van der Waals surface area contributed by atoms with Crippen LogP contribution >= 0.6 is 11.6 Å². The van der Waals surface area contributed by atoms with E-state index in [1.54, 1.807) is 48.5 Å². The second-order valence-electron chi connectivity index (χ2n) is 3.71. The van der Waals surface area contributed by atoms with Crippen molar-refractivity contribution in [1.82, 2.24) is 0 Å². The van der Waals surface area contributed by atoms with Crippen LogP contribution < -0.4 is 16.4 Å². The molecular formula is C13H12ClN3O. The topological polar surface area (TPSA) is 67.1 Å². The number of carbonyl (C=O) groups is 1. The lowest BCUT2D eigenvalue weighted by molar-refractivity contribution is 0.262. The molecule has 0 aliphatic carbocycles. The first-order valence-electron chi connectivity index (χ1n) is 5.32. The third kappa shape index (κ3) is 3.40. The highest BCUT2D eigenvalue weighted by atomic mass is 35.5. The predicted octanol–water partition coefficient (Wildman–Crippen LogP) is 3.57. The number of carbonyl (C=O) groups excluding carboxylic acids is 1. The number of hydrogen-bond acceptors (Lipinski definition) is 2. The molecule has 2 aromatic rings. The van der Waals surface area contributed by atoms with Crippen molar-refractivity contribution in [3.05, 3.63) is 53.6 Å². The number of urea groups is 1. The summed E-state index contributed by atoms with van der Waals surface area (Å²) in [6.45, 7) is 0. The average Bonchev–Trinajstić information content (AvgIpc) is 2.28. The molecule has 0 heterocycles. The van der Waals surface area contributed by atoms with E-state index in [1.807, 2.05) is 0 Å². The van der Waals surface area contributed by atoms with Crippen molar-refractivity contribution in [3.63, 3.8) is 0 Å². The van der Waals surface area contributed by atoms with Crippen LogP contribution in [0.15, 0.2) is 48.5 Å². The van der Waals surface area contributed by atoms with Crippen LogP contribution in [-0.2, 0) is 0 Å². The third-order valence-electron chi connectivity index (χ3n) is 2.23. The van der Waals surface area contributed by atoms with Crippen molar-refractivity contribution in [1.29, 1.82) is 0 Å². The number of rotatable bonds is 2. The molecule has 0 saturated heterocycles. The zero-order valence-corrected chi connectivity index (χ0v) is 10.2. The lowest BCUT2D eigenvalue weighted by atomic mass is 10.3. The first-order chi connectivity index (χ1) is 8.63. The Morgan fingerprint density at radius 3 is 2.22 bits per heavy atom. The molecule has 5 heteroatoms. The van der Waals surface area contributed by atoms with Gasteiger partial charge in [-0.15, -0.1) is 0 Å². The molecule has 0 atom stereocenters. The summed E-state index contributed by atoms with van der Waals surface area (Å²) in [6.07, 6.45) is 0. The van der Waals surface area contributed by atoms with Gasteiger partial charge in [0.05, 0.1) is 0 Å². The Labute approximate surface area is 110 Å². The van der Waals surface area contributed by atoms with Crippen molar-refractivity contribution < 1.29 is 4.79 Å². The number of nitrogens with one attached hydrogen (secondary N) is 2. The molecule has 92 valence electrons. The zero-order valence-electron chi connectivity index (χ0n) is 9.48. The predicted molar refractivity (Wildman–Crippen MR) is 74.9 cm³/mol. The second kappa shape index (κ2) is 5.42. The normalized spacial score (nSPS) is 9.83. The summed E-state index contributed by atoms with van der Waals surface area (Å²) in [5.41, 5.74) is 7.47. The standard InChI is InChI=1S/C13H12ClN3O/c14-9-3-1-5-11(7-9)16-13(18)17-12-6-2-4-10(15)8-12/h1-8H,15H2,(H2,16,17,18). The summed E-state index contributed by atoms with van der Waals surface area (Å²) >= 11 is 5.82. The molecule has 0 unspecified atom stereocenters. The fourth-order valence-corrected chi connectivity index (χ4v) is 1.67. The Kier molecular flexibility index (Phi) is 3.69. The lowest BCUT2D eigenvalue weighted by Crippen LogP contribution is -2.19. The Morgan fingerprint density at radius 1 is 1.00 bits per heavy atom. The highest BCUT2D eigenvalue weighted by molar-refractivity contribution is 6.30. The molecule has 4 nitrogen and oxygen atoms in total. The van der Waals surface area contributed by atoms with Crippen molar-refractivity contribution >= 4 is 34.7 Å². The number of anilines is 3. The number of hydrogen-bond donors (Lipinski definition) is 3. The Morgan fingerprint density at radius 2 is 1.61 bits per heavy atom. The van der Waals surface area contributed by atoms with E-state index < -0.39 is 0 Å². The average molecular weight is 262 g/mol. The molecule has 0 aliphatic rings. The van der Waals surface area contributed by atoms with Gasteiger partial charge in [0.2, 0.25) is 0 Å². The molecule has 0 aliphatic heterocycles. The number of nitrogens with two attached hydrogens (primary N) is 1. The highest BCUT2D eigenvalue weighted by Gasteiger charge is 2.02. The van der Waals surface area contributed by atoms with E-state index in [-0.39, 0.29) is 6.03 Å². The molecule has 0 aromatic heterocycles. The van der Waals surface area contributed by atoms with Crippen LogP contribution in [0.5, 0.6) is 0 Å². The van der Waals surface area contributed by atoms with Crippen LogP contribution in [0.1, 0.15) is 0 Å². The number of nitrogen functional groups attached to an aromatic ring is 1. The Balaban J connectivity index is 2.01. The van der Waals surface area contributed by atoms with Gasteiger partial charge in [-0.3, -0.25) is 0 Å². The summed E-state index contributed by atoms with van der Waals surface area (Å²) < 4.78 is 0. The monoisotopic (exact) mass is 261 g/mol. The van der Waals surface area contributed by atoms with Crippen LogP contribution in [0.2, 0.25) is 5.02 Å². The molecular weight excluding hydrogens is 250 g/mol. The van der Waals surface area contributed by atoms with E-state index >= 15 is 0 Å². The van der Waals surface area contributed by atoms with Gasteiger partial charge in [-0.05, 0) is 36.4 Å². The number of benzene rings is 2. The SMILES string of the molecule is Nc1cccc(NC(=O)Nc2cccc(Cl)c2)c1. The fraction of sp³-hybridized carbons (Fsp3) is 0. The minimum Gasteiger partial charge on any atom is -0.399 e. The minimum atomic E-state index is -0.345. The molecule has 2 amide bonds. The van der Waals surface area contributed by atoms with Crippen LogP contribution in [0, 0.1) is 0 Å². The number of halogens is 1. The van der Waals surface area contributed by atoms with E-state index in [9.17, 15) is 4.79 Å². The van der Waals surface area contributed by atoms with Crippen molar-refractivity contribution in [3.8, 4) is 0 Å². The summed E-state index contributed by atoms with van der Waals surface area (Å²) in [4.78, 5) is 11.7. The second-order valence-corrected chi connectivity index (χ2v) is 4.15.